The number of hydrogen-bond donors (Lipinski definition) is 1. The highest BCUT2D eigenvalue weighted by atomic mass is 32.1. The van der Waals surface area contributed by atoms with Crippen molar-refractivity contribution < 1.29 is 9.47 Å². The Morgan fingerprint density at radius 3 is 3.12 bits per heavy atom. The van der Waals surface area contributed by atoms with Crippen LogP contribution < -0.4 is 15.4 Å². The van der Waals surface area contributed by atoms with Gasteiger partial charge in [0.15, 0.2) is 16.6 Å². The number of aromatic nitrogens is 1. The van der Waals surface area contributed by atoms with Gasteiger partial charge in [0, 0.05) is 20.2 Å². The standard InChI is InChI=1S/C11H19N3O2S/c1-3-15-9-10(12)13-17-11(9)14(2)7-8-5-4-6-16-8/h8H,3-7H2,1-2H3,(H2,12,13). The third kappa shape index (κ3) is 2.81. The molecule has 0 radical (unpaired) electrons. The smallest absolute Gasteiger partial charge is 0.197 e. The fourth-order valence-electron chi connectivity index (χ4n) is 1.98. The lowest BCUT2D eigenvalue weighted by molar-refractivity contribution is 0.116. The summed E-state index contributed by atoms with van der Waals surface area (Å²) in [4.78, 5) is 2.12. The summed E-state index contributed by atoms with van der Waals surface area (Å²) < 4.78 is 15.3. The average Bonchev–Trinajstić information content (AvgIpc) is 2.91. The normalized spacial score (nSPS) is 19.5. The van der Waals surface area contributed by atoms with Crippen molar-refractivity contribution in [1.82, 2.24) is 4.37 Å². The van der Waals surface area contributed by atoms with E-state index in [4.69, 9.17) is 15.2 Å². The minimum absolute atomic E-state index is 0.317. The molecule has 0 spiro atoms. The highest BCUT2D eigenvalue weighted by Crippen LogP contribution is 2.37. The summed E-state index contributed by atoms with van der Waals surface area (Å²) in [5, 5.41) is 0.986. The molecule has 2 N–H and O–H groups in total. The molecule has 1 aromatic heterocycles. The van der Waals surface area contributed by atoms with Crippen molar-refractivity contribution in [2.24, 2.45) is 0 Å². The number of anilines is 2. The number of rotatable bonds is 5. The monoisotopic (exact) mass is 257 g/mol. The average molecular weight is 257 g/mol. The Bertz CT molecular complexity index is 364. The summed E-state index contributed by atoms with van der Waals surface area (Å²) in [6.45, 7) is 4.29. The first-order valence-corrected chi connectivity index (χ1v) is 6.70. The Hall–Kier alpha value is -1.01. The molecule has 0 aliphatic carbocycles. The van der Waals surface area contributed by atoms with Crippen LogP contribution in [0.5, 0.6) is 5.75 Å². The number of likely N-dealkylation sites (N-methyl/N-ethyl adjacent to an activating group) is 1. The van der Waals surface area contributed by atoms with E-state index in [0.717, 1.165) is 31.0 Å². The van der Waals surface area contributed by atoms with Crippen LogP contribution in [0, 0.1) is 0 Å². The lowest BCUT2D eigenvalue weighted by atomic mass is 10.2. The Labute approximate surface area is 106 Å². The molecule has 1 fully saturated rings. The second-order valence-electron chi connectivity index (χ2n) is 4.15. The molecule has 1 atom stereocenters. The predicted octanol–water partition coefficient (Wildman–Crippen LogP) is 1.74. The van der Waals surface area contributed by atoms with Gasteiger partial charge in [-0.3, -0.25) is 0 Å². The molecule has 2 heterocycles. The summed E-state index contributed by atoms with van der Waals surface area (Å²) in [6, 6.07) is 0. The summed E-state index contributed by atoms with van der Waals surface area (Å²) in [5.74, 6) is 1.18. The maximum atomic E-state index is 5.79. The van der Waals surface area contributed by atoms with E-state index in [0.29, 0.717) is 24.3 Å². The highest BCUT2D eigenvalue weighted by molar-refractivity contribution is 7.11. The van der Waals surface area contributed by atoms with Gasteiger partial charge in [-0.05, 0) is 31.3 Å². The van der Waals surface area contributed by atoms with Crippen molar-refractivity contribution in [1.29, 1.82) is 0 Å². The van der Waals surface area contributed by atoms with Crippen molar-refractivity contribution in [3.05, 3.63) is 0 Å². The second kappa shape index (κ2) is 5.55. The summed E-state index contributed by atoms with van der Waals surface area (Å²) in [5.41, 5.74) is 5.79. The van der Waals surface area contributed by atoms with Crippen molar-refractivity contribution in [2.45, 2.75) is 25.9 Å². The van der Waals surface area contributed by atoms with Crippen LogP contribution in [0.25, 0.3) is 0 Å². The van der Waals surface area contributed by atoms with E-state index in [9.17, 15) is 0 Å². The van der Waals surface area contributed by atoms with Gasteiger partial charge >= 0.3 is 0 Å². The minimum atomic E-state index is 0.317. The lowest BCUT2D eigenvalue weighted by Crippen LogP contribution is -2.28. The molecule has 0 aromatic carbocycles. The third-order valence-electron chi connectivity index (χ3n) is 2.79. The fourth-order valence-corrected chi connectivity index (χ4v) is 2.71. The van der Waals surface area contributed by atoms with Crippen LogP contribution in [0.4, 0.5) is 10.8 Å². The van der Waals surface area contributed by atoms with Crippen LogP contribution in [0.2, 0.25) is 0 Å². The van der Waals surface area contributed by atoms with Gasteiger partial charge in [-0.2, -0.15) is 4.37 Å². The molecule has 1 saturated heterocycles. The van der Waals surface area contributed by atoms with Crippen LogP contribution in [0.15, 0.2) is 0 Å². The number of ether oxygens (including phenoxy) is 2. The van der Waals surface area contributed by atoms with Crippen LogP contribution in [0.3, 0.4) is 0 Å². The summed E-state index contributed by atoms with van der Waals surface area (Å²) in [6.07, 6.45) is 2.60. The van der Waals surface area contributed by atoms with E-state index in [2.05, 4.69) is 9.27 Å². The van der Waals surface area contributed by atoms with Gasteiger partial charge in [-0.25, -0.2) is 0 Å². The first-order valence-electron chi connectivity index (χ1n) is 5.93. The van der Waals surface area contributed by atoms with E-state index < -0.39 is 0 Å². The molecule has 1 aromatic rings. The predicted molar refractivity (Wildman–Crippen MR) is 69.9 cm³/mol. The van der Waals surface area contributed by atoms with Gasteiger partial charge < -0.3 is 20.1 Å². The van der Waals surface area contributed by atoms with Gasteiger partial charge in [0.25, 0.3) is 0 Å². The van der Waals surface area contributed by atoms with E-state index in [1.807, 2.05) is 14.0 Å². The van der Waals surface area contributed by atoms with E-state index in [1.54, 1.807) is 0 Å². The molecule has 96 valence electrons. The first kappa shape index (κ1) is 12.4. The van der Waals surface area contributed by atoms with Gasteiger partial charge in [0.2, 0.25) is 0 Å². The molecule has 1 aliphatic rings. The Morgan fingerprint density at radius 2 is 2.47 bits per heavy atom. The molecule has 0 saturated carbocycles. The van der Waals surface area contributed by atoms with Crippen molar-refractivity contribution in [2.75, 3.05) is 37.4 Å². The van der Waals surface area contributed by atoms with Crippen LogP contribution >= 0.6 is 11.5 Å². The van der Waals surface area contributed by atoms with Gasteiger partial charge in [0.05, 0.1) is 12.7 Å². The van der Waals surface area contributed by atoms with E-state index in [-0.39, 0.29) is 0 Å². The molecule has 17 heavy (non-hydrogen) atoms. The Morgan fingerprint density at radius 1 is 1.65 bits per heavy atom. The zero-order valence-electron chi connectivity index (χ0n) is 10.3. The summed E-state index contributed by atoms with van der Waals surface area (Å²) in [7, 11) is 2.02. The molecule has 0 bridgehead atoms. The molecule has 0 amide bonds. The SMILES string of the molecule is CCOc1c(N)nsc1N(C)CC1CCCO1. The van der Waals surface area contributed by atoms with Gasteiger partial charge in [0.1, 0.15) is 0 Å². The van der Waals surface area contributed by atoms with Crippen molar-refractivity contribution >= 4 is 22.4 Å². The summed E-state index contributed by atoms with van der Waals surface area (Å²) >= 11 is 1.38. The number of hydrogen-bond acceptors (Lipinski definition) is 6. The van der Waals surface area contributed by atoms with Crippen LogP contribution in [-0.2, 0) is 4.74 Å². The zero-order chi connectivity index (χ0) is 12.3. The minimum Gasteiger partial charge on any atom is -0.487 e. The van der Waals surface area contributed by atoms with Gasteiger partial charge in [-0.1, -0.05) is 0 Å². The van der Waals surface area contributed by atoms with Crippen molar-refractivity contribution in [3.8, 4) is 5.75 Å². The van der Waals surface area contributed by atoms with Gasteiger partial charge in [-0.15, -0.1) is 0 Å². The Balaban J connectivity index is 2.04. The first-order chi connectivity index (χ1) is 8.22. The maximum Gasteiger partial charge on any atom is 0.197 e. The van der Waals surface area contributed by atoms with Crippen molar-refractivity contribution in [3.63, 3.8) is 0 Å². The van der Waals surface area contributed by atoms with Crippen LogP contribution in [-0.4, -0.2) is 37.3 Å². The number of nitrogens with two attached hydrogens (primary N) is 1. The zero-order valence-corrected chi connectivity index (χ0v) is 11.1. The second-order valence-corrected chi connectivity index (χ2v) is 4.90. The Kier molecular flexibility index (Phi) is 4.06. The van der Waals surface area contributed by atoms with E-state index in [1.165, 1.54) is 11.5 Å². The topological polar surface area (TPSA) is 60.6 Å². The third-order valence-corrected chi connectivity index (χ3v) is 3.75. The quantitative estimate of drug-likeness (QED) is 0.870. The molecule has 1 aliphatic heterocycles. The highest BCUT2D eigenvalue weighted by Gasteiger charge is 2.22. The number of nitrogens with zero attached hydrogens (tertiary/aromatic N) is 2. The molecule has 5 nitrogen and oxygen atoms in total. The molecule has 6 heteroatoms. The number of nitrogen functional groups attached to an aromatic ring is 1. The lowest BCUT2D eigenvalue weighted by Gasteiger charge is -2.21. The molecule has 1 unspecified atom stereocenters. The fraction of sp³-hybridized carbons (Fsp3) is 0.727. The maximum absolute atomic E-state index is 5.79. The molecule has 2 rings (SSSR count). The largest absolute Gasteiger partial charge is 0.487 e. The van der Waals surface area contributed by atoms with Crippen LogP contribution in [0.1, 0.15) is 19.8 Å². The molecular formula is C11H19N3O2S. The molecular weight excluding hydrogens is 238 g/mol. The van der Waals surface area contributed by atoms with E-state index >= 15 is 0 Å².